The van der Waals surface area contributed by atoms with Crippen LogP contribution in [0.15, 0.2) is 60.7 Å². The topological polar surface area (TPSA) is 63.6 Å². The Bertz CT molecular complexity index is 815. The lowest BCUT2D eigenvalue weighted by molar-refractivity contribution is -0.160. The first kappa shape index (κ1) is 21.1. The van der Waals surface area contributed by atoms with Gasteiger partial charge in [-0.25, -0.2) is 4.79 Å². The second-order valence-electron chi connectivity index (χ2n) is 8.51. The summed E-state index contributed by atoms with van der Waals surface area (Å²) in [4.78, 5) is 25.4. The molecule has 0 spiro atoms. The van der Waals surface area contributed by atoms with Crippen LogP contribution in [0.3, 0.4) is 0 Å². The maximum atomic E-state index is 12.7. The molecule has 0 radical (unpaired) electrons. The van der Waals surface area contributed by atoms with Crippen LogP contribution < -0.4 is 0 Å². The Morgan fingerprint density at radius 3 is 2.28 bits per heavy atom. The van der Waals surface area contributed by atoms with Crippen LogP contribution in [0.5, 0.6) is 0 Å². The number of esters is 1. The molecule has 4 nitrogen and oxygen atoms in total. The summed E-state index contributed by atoms with van der Waals surface area (Å²) >= 11 is 0. The van der Waals surface area contributed by atoms with Crippen LogP contribution in [-0.2, 0) is 16.0 Å². The van der Waals surface area contributed by atoms with Gasteiger partial charge in [0.25, 0.3) is 0 Å². The zero-order valence-electron chi connectivity index (χ0n) is 17.2. The number of carbonyl (C=O) groups is 2. The molecule has 0 aliphatic heterocycles. The number of ether oxygens (including phenoxy) is 1. The van der Waals surface area contributed by atoms with Crippen LogP contribution in [0.2, 0.25) is 0 Å². The average molecular weight is 395 g/mol. The van der Waals surface area contributed by atoms with E-state index < -0.39 is 23.5 Å². The summed E-state index contributed by atoms with van der Waals surface area (Å²) in [5, 5.41) is 10.4. The van der Waals surface area contributed by atoms with Crippen molar-refractivity contribution in [2.45, 2.75) is 52.1 Å². The van der Waals surface area contributed by atoms with Crippen molar-refractivity contribution in [3.8, 4) is 0 Å². The number of carbonyl (C=O) groups excluding carboxylic acids is 1. The van der Waals surface area contributed by atoms with Gasteiger partial charge in [-0.2, -0.15) is 0 Å². The molecular formula is C25H30O4. The van der Waals surface area contributed by atoms with Crippen molar-refractivity contribution >= 4 is 11.9 Å². The van der Waals surface area contributed by atoms with Gasteiger partial charge in [0.1, 0.15) is 11.5 Å². The first-order chi connectivity index (χ1) is 13.9. The van der Waals surface area contributed by atoms with E-state index >= 15 is 0 Å². The van der Waals surface area contributed by atoms with Crippen molar-refractivity contribution in [1.82, 2.24) is 0 Å². The molecule has 3 atom stereocenters. The van der Waals surface area contributed by atoms with Gasteiger partial charge >= 0.3 is 11.9 Å². The van der Waals surface area contributed by atoms with Gasteiger partial charge in [0.05, 0.1) is 5.56 Å². The van der Waals surface area contributed by atoms with E-state index in [1.807, 2.05) is 36.4 Å². The first-order valence-corrected chi connectivity index (χ1v) is 10.5. The van der Waals surface area contributed by atoms with E-state index in [2.05, 4.69) is 13.8 Å². The fraction of sp³-hybridized carbons (Fsp3) is 0.440. The lowest BCUT2D eigenvalue weighted by atomic mass is 9.67. The third kappa shape index (κ3) is 4.69. The van der Waals surface area contributed by atoms with Crippen LogP contribution in [0.25, 0.3) is 0 Å². The molecule has 29 heavy (non-hydrogen) atoms. The lowest BCUT2D eigenvalue weighted by Gasteiger charge is -2.39. The highest BCUT2D eigenvalue weighted by atomic mass is 16.5. The van der Waals surface area contributed by atoms with Crippen molar-refractivity contribution in [3.05, 3.63) is 71.8 Å². The Morgan fingerprint density at radius 1 is 1.07 bits per heavy atom. The Kier molecular flexibility index (Phi) is 6.73. The predicted molar refractivity (Wildman–Crippen MR) is 113 cm³/mol. The van der Waals surface area contributed by atoms with E-state index in [1.54, 1.807) is 24.3 Å². The number of benzene rings is 2. The van der Waals surface area contributed by atoms with E-state index in [0.29, 0.717) is 30.7 Å². The molecule has 1 saturated carbocycles. The Morgan fingerprint density at radius 2 is 1.69 bits per heavy atom. The van der Waals surface area contributed by atoms with Crippen molar-refractivity contribution in [2.24, 2.45) is 17.3 Å². The summed E-state index contributed by atoms with van der Waals surface area (Å²) in [7, 11) is 0. The van der Waals surface area contributed by atoms with Crippen LogP contribution in [0.1, 0.15) is 55.5 Å². The maximum Gasteiger partial charge on any atom is 0.338 e. The molecule has 0 amide bonds. The SMILES string of the molecule is CC(C)CC(Cc1ccccc1)C1(C(=O)O)CCCC1OC(=O)c1ccccc1. The quantitative estimate of drug-likeness (QED) is 0.611. The zero-order chi connectivity index (χ0) is 20.9. The van der Waals surface area contributed by atoms with E-state index in [1.165, 1.54) is 0 Å². The highest BCUT2D eigenvalue weighted by Crippen LogP contribution is 2.50. The van der Waals surface area contributed by atoms with Crippen LogP contribution >= 0.6 is 0 Å². The van der Waals surface area contributed by atoms with Gasteiger partial charge in [0, 0.05) is 0 Å². The van der Waals surface area contributed by atoms with Crippen LogP contribution in [0.4, 0.5) is 0 Å². The minimum absolute atomic E-state index is 0.0986. The molecule has 4 heteroatoms. The molecule has 1 N–H and O–H groups in total. The van der Waals surface area contributed by atoms with E-state index in [-0.39, 0.29) is 5.92 Å². The molecule has 2 aromatic rings. The molecular weight excluding hydrogens is 364 g/mol. The van der Waals surface area contributed by atoms with Gasteiger partial charge in [-0.05, 0) is 61.6 Å². The van der Waals surface area contributed by atoms with E-state index in [9.17, 15) is 14.7 Å². The summed E-state index contributed by atoms with van der Waals surface area (Å²) in [5.74, 6) is -1.03. The number of rotatable bonds is 8. The van der Waals surface area contributed by atoms with Gasteiger partial charge in [-0.3, -0.25) is 4.79 Å². The standard InChI is InChI=1S/C25H30O4/c1-18(2)16-21(17-19-10-5-3-6-11-19)25(24(27)28)15-9-14-22(25)29-23(26)20-12-7-4-8-13-20/h3-8,10-13,18,21-22H,9,14-17H2,1-2H3,(H,27,28). The molecule has 154 valence electrons. The zero-order valence-corrected chi connectivity index (χ0v) is 17.2. The monoisotopic (exact) mass is 394 g/mol. The van der Waals surface area contributed by atoms with Crippen molar-refractivity contribution in [1.29, 1.82) is 0 Å². The summed E-state index contributed by atoms with van der Waals surface area (Å²) in [6, 6.07) is 18.8. The fourth-order valence-corrected chi connectivity index (χ4v) is 4.76. The Labute approximate surface area is 172 Å². The third-order valence-electron chi connectivity index (χ3n) is 6.10. The second kappa shape index (κ2) is 9.25. The largest absolute Gasteiger partial charge is 0.481 e. The summed E-state index contributed by atoms with van der Waals surface area (Å²) in [5.41, 5.74) is 0.533. The lowest BCUT2D eigenvalue weighted by Crippen LogP contribution is -2.48. The third-order valence-corrected chi connectivity index (χ3v) is 6.10. The smallest absolute Gasteiger partial charge is 0.338 e. The van der Waals surface area contributed by atoms with Crippen LogP contribution in [-0.4, -0.2) is 23.1 Å². The Hall–Kier alpha value is -2.62. The highest BCUT2D eigenvalue weighted by Gasteiger charge is 2.56. The number of carboxylic acid groups (broad SMARTS) is 1. The fourth-order valence-electron chi connectivity index (χ4n) is 4.76. The molecule has 3 rings (SSSR count). The first-order valence-electron chi connectivity index (χ1n) is 10.5. The van der Waals surface area contributed by atoms with Gasteiger partial charge < -0.3 is 9.84 Å². The Balaban J connectivity index is 1.91. The molecule has 0 heterocycles. The molecule has 1 aliphatic rings. The van der Waals surface area contributed by atoms with Gasteiger partial charge in [-0.1, -0.05) is 62.4 Å². The van der Waals surface area contributed by atoms with E-state index in [4.69, 9.17) is 4.74 Å². The number of carboxylic acids is 1. The minimum atomic E-state index is -1.05. The normalized spacial score (nSPS) is 22.4. The highest BCUT2D eigenvalue weighted by molar-refractivity contribution is 5.90. The molecule has 2 aromatic carbocycles. The number of aliphatic carboxylic acids is 1. The average Bonchev–Trinajstić information content (AvgIpc) is 3.13. The molecule has 3 unspecified atom stereocenters. The van der Waals surface area contributed by atoms with Gasteiger partial charge in [-0.15, -0.1) is 0 Å². The number of hydrogen-bond acceptors (Lipinski definition) is 3. The molecule has 1 aliphatic carbocycles. The van der Waals surface area contributed by atoms with E-state index in [0.717, 1.165) is 18.4 Å². The van der Waals surface area contributed by atoms with Crippen molar-refractivity contribution in [3.63, 3.8) is 0 Å². The summed E-state index contributed by atoms with van der Waals surface area (Å²) in [6.07, 6.45) is 2.72. The van der Waals surface area contributed by atoms with Crippen molar-refractivity contribution < 1.29 is 19.4 Å². The second-order valence-corrected chi connectivity index (χ2v) is 8.51. The molecule has 1 fully saturated rings. The van der Waals surface area contributed by atoms with Gasteiger partial charge in [0.2, 0.25) is 0 Å². The summed E-state index contributed by atoms with van der Waals surface area (Å²) in [6.45, 7) is 4.24. The van der Waals surface area contributed by atoms with Crippen molar-refractivity contribution in [2.75, 3.05) is 0 Å². The maximum absolute atomic E-state index is 12.7. The molecule has 0 aromatic heterocycles. The molecule has 0 bridgehead atoms. The molecule has 0 saturated heterocycles. The van der Waals surface area contributed by atoms with Gasteiger partial charge in [0.15, 0.2) is 0 Å². The van der Waals surface area contributed by atoms with Crippen LogP contribution in [0, 0.1) is 17.3 Å². The minimum Gasteiger partial charge on any atom is -0.481 e. The predicted octanol–water partition coefficient (Wildman–Crippen LogP) is 5.37. The number of hydrogen-bond donors (Lipinski definition) is 1. The summed E-state index contributed by atoms with van der Waals surface area (Å²) < 4.78 is 5.86.